The second-order valence-corrected chi connectivity index (χ2v) is 6.91. The topological polar surface area (TPSA) is 77.8 Å². The maximum atomic E-state index is 13.0. The van der Waals surface area contributed by atoms with Gasteiger partial charge in [-0.15, -0.1) is 0 Å². The van der Waals surface area contributed by atoms with Gasteiger partial charge in [0.15, 0.2) is 21.6 Å². The van der Waals surface area contributed by atoms with Crippen molar-refractivity contribution in [1.29, 1.82) is 0 Å². The first-order chi connectivity index (χ1) is 12.9. The molecule has 13 heteroatoms. The van der Waals surface area contributed by atoms with Crippen LogP contribution in [0.2, 0.25) is 5.15 Å². The molecule has 3 aromatic rings. The van der Waals surface area contributed by atoms with Crippen LogP contribution >= 0.6 is 23.4 Å². The number of aromatic nitrogens is 3. The first-order valence-corrected chi connectivity index (χ1v) is 8.80. The number of aryl methyl sites for hydroxylation is 1. The van der Waals surface area contributed by atoms with Crippen molar-refractivity contribution in [3.63, 3.8) is 0 Å². The Balaban J connectivity index is 1.79. The van der Waals surface area contributed by atoms with Crippen molar-refractivity contribution in [3.05, 3.63) is 40.5 Å². The van der Waals surface area contributed by atoms with Crippen LogP contribution in [-0.4, -0.2) is 20.7 Å². The summed E-state index contributed by atoms with van der Waals surface area (Å²) in [5.74, 6) is -0.213. The average molecular weight is 443 g/mol. The molecule has 0 saturated heterocycles. The molecule has 3 heterocycles. The van der Waals surface area contributed by atoms with Gasteiger partial charge in [-0.1, -0.05) is 23.4 Å². The second kappa shape index (κ2) is 7.32. The van der Waals surface area contributed by atoms with Crippen LogP contribution in [0.25, 0.3) is 11.0 Å². The lowest BCUT2D eigenvalue weighted by molar-refractivity contribution is -0.141. The number of nitrogens with zero attached hydrogens (tertiary/aromatic N) is 3. The third kappa shape index (κ3) is 4.43. The van der Waals surface area contributed by atoms with E-state index in [4.69, 9.17) is 21.8 Å². The summed E-state index contributed by atoms with van der Waals surface area (Å²) in [5.41, 5.74) is 3.19. The molecule has 5 nitrogen and oxygen atoms in total. The number of rotatable bonds is 4. The molecule has 2 N–H and O–H groups in total. The Morgan fingerprint density at radius 3 is 2.39 bits per heavy atom. The Morgan fingerprint density at radius 2 is 1.75 bits per heavy atom. The SMILES string of the molecule is Nc1cc(C(F)(F)F)nc(SCCc2cc3c(C(F)(F)F)coc3c(Cl)n2)n1. The lowest BCUT2D eigenvalue weighted by Crippen LogP contribution is -2.11. The summed E-state index contributed by atoms with van der Waals surface area (Å²) in [6.07, 6.45) is -8.66. The number of hydrogen-bond acceptors (Lipinski definition) is 6. The highest BCUT2D eigenvalue weighted by molar-refractivity contribution is 7.99. The lowest BCUT2D eigenvalue weighted by atomic mass is 10.1. The number of alkyl halides is 6. The van der Waals surface area contributed by atoms with E-state index in [1.165, 1.54) is 6.07 Å². The van der Waals surface area contributed by atoms with Crippen LogP contribution in [0.1, 0.15) is 17.0 Å². The van der Waals surface area contributed by atoms with Crippen molar-refractivity contribution in [2.75, 3.05) is 11.5 Å². The molecule has 0 unspecified atom stereocenters. The molecule has 0 fully saturated rings. The Labute approximate surface area is 162 Å². The fraction of sp³-hybridized carbons (Fsp3) is 0.267. The van der Waals surface area contributed by atoms with Crippen molar-refractivity contribution in [3.8, 4) is 0 Å². The van der Waals surface area contributed by atoms with Crippen LogP contribution in [0.3, 0.4) is 0 Å². The van der Waals surface area contributed by atoms with Gasteiger partial charge < -0.3 is 10.2 Å². The number of furan rings is 1. The summed E-state index contributed by atoms with van der Waals surface area (Å²) >= 11 is 6.72. The number of hydrogen-bond donors (Lipinski definition) is 1. The zero-order valence-electron chi connectivity index (χ0n) is 13.5. The number of nitrogen functional groups attached to an aromatic ring is 1. The molecule has 150 valence electrons. The van der Waals surface area contributed by atoms with E-state index in [0.29, 0.717) is 12.3 Å². The van der Waals surface area contributed by atoms with Gasteiger partial charge in [0.1, 0.15) is 17.6 Å². The van der Waals surface area contributed by atoms with Crippen LogP contribution in [0.15, 0.2) is 28.0 Å². The number of thioether (sulfide) groups is 1. The zero-order chi connectivity index (χ0) is 20.7. The molecule has 0 aromatic carbocycles. The van der Waals surface area contributed by atoms with E-state index >= 15 is 0 Å². The normalized spacial score (nSPS) is 12.7. The molecule has 0 saturated carbocycles. The molecular weight excluding hydrogens is 434 g/mol. The van der Waals surface area contributed by atoms with Crippen LogP contribution in [0.5, 0.6) is 0 Å². The third-order valence-corrected chi connectivity index (χ3v) is 4.59. The van der Waals surface area contributed by atoms with Gasteiger partial charge in [0, 0.05) is 22.9 Å². The minimum atomic E-state index is -4.68. The van der Waals surface area contributed by atoms with E-state index in [1.54, 1.807) is 0 Å². The van der Waals surface area contributed by atoms with Crippen LogP contribution in [-0.2, 0) is 18.8 Å². The molecule has 3 rings (SSSR count). The number of anilines is 1. The quantitative estimate of drug-likeness (QED) is 0.258. The standard InChI is InChI=1S/C15H9ClF6N4OS/c16-12-11-7(8(5-27-11)14(17,18)19)3-6(24-12)1-2-28-13-25-9(15(20,21)22)4-10(23)26-13/h3-5H,1-2H2,(H2,23,25,26). The Hall–Kier alpha value is -2.21. The van der Waals surface area contributed by atoms with Crippen molar-refractivity contribution in [2.45, 2.75) is 23.9 Å². The summed E-state index contributed by atoms with van der Waals surface area (Å²) in [7, 11) is 0. The molecule has 0 spiro atoms. The van der Waals surface area contributed by atoms with Crippen molar-refractivity contribution in [2.24, 2.45) is 0 Å². The minimum absolute atomic E-state index is 0.0995. The van der Waals surface area contributed by atoms with Crippen molar-refractivity contribution < 1.29 is 30.8 Å². The predicted molar refractivity (Wildman–Crippen MR) is 89.9 cm³/mol. The number of pyridine rings is 1. The first-order valence-electron chi connectivity index (χ1n) is 7.43. The molecule has 0 aliphatic carbocycles. The number of nitrogens with two attached hydrogens (primary N) is 1. The molecule has 0 atom stereocenters. The minimum Gasteiger partial charge on any atom is -0.460 e. The Bertz CT molecular complexity index is 1020. The third-order valence-electron chi connectivity index (χ3n) is 3.48. The van der Waals surface area contributed by atoms with Crippen molar-refractivity contribution >= 4 is 40.1 Å². The van der Waals surface area contributed by atoms with Gasteiger partial charge in [-0.2, -0.15) is 26.3 Å². The summed E-state index contributed by atoms with van der Waals surface area (Å²) in [6.45, 7) is 0. The molecule has 0 amide bonds. The molecule has 0 bridgehead atoms. The summed E-state index contributed by atoms with van der Waals surface area (Å²) in [6, 6.07) is 1.78. The number of halogens is 7. The maximum absolute atomic E-state index is 13.0. The van der Waals surface area contributed by atoms with Gasteiger partial charge in [-0.05, 0) is 12.5 Å². The van der Waals surface area contributed by atoms with Crippen LogP contribution in [0, 0.1) is 0 Å². The highest BCUT2D eigenvalue weighted by Crippen LogP contribution is 2.38. The highest BCUT2D eigenvalue weighted by atomic mass is 35.5. The smallest absolute Gasteiger partial charge is 0.433 e. The van der Waals surface area contributed by atoms with Gasteiger partial charge in [0.25, 0.3) is 0 Å². The van der Waals surface area contributed by atoms with Crippen molar-refractivity contribution in [1.82, 2.24) is 15.0 Å². The molecule has 0 aliphatic heterocycles. The van der Waals surface area contributed by atoms with Crippen LogP contribution < -0.4 is 5.73 Å². The van der Waals surface area contributed by atoms with E-state index in [2.05, 4.69) is 15.0 Å². The summed E-state index contributed by atoms with van der Waals surface area (Å²) < 4.78 is 82.1. The lowest BCUT2D eigenvalue weighted by Gasteiger charge is -2.08. The fourth-order valence-corrected chi connectivity index (χ4v) is 3.37. The summed E-state index contributed by atoms with van der Waals surface area (Å²) in [5, 5.41) is -0.696. The number of fused-ring (bicyclic) bond motifs is 1. The van der Waals surface area contributed by atoms with Gasteiger partial charge >= 0.3 is 12.4 Å². The van der Waals surface area contributed by atoms with Gasteiger partial charge in [0.05, 0.1) is 0 Å². The Morgan fingerprint density at radius 1 is 1.04 bits per heavy atom. The predicted octanol–water partition coefficient (Wildman–Crippen LogP) is 5.23. The van der Waals surface area contributed by atoms with Gasteiger partial charge in [-0.25, -0.2) is 15.0 Å². The van der Waals surface area contributed by atoms with E-state index in [0.717, 1.165) is 11.8 Å². The highest BCUT2D eigenvalue weighted by Gasteiger charge is 2.35. The molecule has 0 aliphatic rings. The molecule has 0 radical (unpaired) electrons. The van der Waals surface area contributed by atoms with E-state index in [1.807, 2.05) is 0 Å². The molecule has 3 aromatic heterocycles. The Kier molecular flexibility index (Phi) is 5.36. The average Bonchev–Trinajstić information content (AvgIpc) is 2.98. The molecule has 28 heavy (non-hydrogen) atoms. The van der Waals surface area contributed by atoms with E-state index in [-0.39, 0.29) is 45.0 Å². The summed E-state index contributed by atoms with van der Waals surface area (Å²) in [4.78, 5) is 11.0. The monoisotopic (exact) mass is 442 g/mol. The van der Waals surface area contributed by atoms with Gasteiger partial charge in [-0.3, -0.25) is 0 Å². The van der Waals surface area contributed by atoms with E-state index in [9.17, 15) is 26.3 Å². The first kappa shape index (κ1) is 20.5. The fourth-order valence-electron chi connectivity index (χ4n) is 2.29. The maximum Gasteiger partial charge on any atom is 0.433 e. The molecular formula is C15H9ClF6N4OS. The zero-order valence-corrected chi connectivity index (χ0v) is 15.1. The van der Waals surface area contributed by atoms with E-state index < -0.39 is 23.6 Å². The largest absolute Gasteiger partial charge is 0.460 e. The van der Waals surface area contributed by atoms with Gasteiger partial charge in [0.2, 0.25) is 0 Å². The van der Waals surface area contributed by atoms with Crippen LogP contribution in [0.4, 0.5) is 32.2 Å². The second-order valence-electron chi connectivity index (χ2n) is 5.49.